The van der Waals surface area contributed by atoms with Gasteiger partial charge in [-0.3, -0.25) is 23.2 Å². The molecule has 0 radical (unpaired) electrons. The summed E-state index contributed by atoms with van der Waals surface area (Å²) >= 11 is 0. The summed E-state index contributed by atoms with van der Waals surface area (Å²) in [6.07, 6.45) is 7.05. The Labute approximate surface area is 424 Å². The molecule has 3 aliphatic heterocycles. The maximum Gasteiger partial charge on any atom is 0.335 e. The minimum Gasteiger partial charge on any atom is -0.464 e. The number of methoxy groups -OCH3 is 1. The molecule has 1 aliphatic carbocycles. The molecule has 23 nitrogen and oxygen atoms in total. The van der Waals surface area contributed by atoms with Crippen molar-refractivity contribution in [2.75, 3.05) is 116 Å². The number of fused-ring (bicyclic) bond motifs is 2. The fourth-order valence-electron chi connectivity index (χ4n) is 8.11. The lowest BCUT2D eigenvalue weighted by Crippen LogP contribution is -2.35. The predicted octanol–water partition coefficient (Wildman–Crippen LogP) is 2.75. The number of ether oxygens (including phenoxy) is 6. The number of hydrogen-bond donors (Lipinski definition) is 3. The third kappa shape index (κ3) is 18.7. The van der Waals surface area contributed by atoms with E-state index in [0.29, 0.717) is 72.7 Å². The Morgan fingerprint density at radius 2 is 1.37 bits per heavy atom. The summed E-state index contributed by atoms with van der Waals surface area (Å²) in [5.74, 6) is -2.40. The van der Waals surface area contributed by atoms with Crippen LogP contribution in [0.15, 0.2) is 75.9 Å². The number of hydroxylamine groups is 2. The summed E-state index contributed by atoms with van der Waals surface area (Å²) in [4.78, 5) is 41.6. The Kier molecular flexibility index (Phi) is 22.7. The standard InChI is InChI=1S/C47H63N3O20S3/c1-47(16-4-32-71(54,55)56)40-35-38(73(60,61)62)9-11-41(40)49(19-23-66-28-31-68-29-26-64-20-15-46(53)70-50-44(51)12-13-45(50)52)43(47)7-3-6-36-14-21-69-42-34-37(8-10-39(36)42)48(17-5-33-72(57,58)59)18-22-65-27-30-67-25-24-63-2/h3,6-11,14,21,34-35H,4-5,12-13,15-20,22-33H2,1-2H3,(H2-,54,55,56,57,58,59,60,61,62)/p+1. The predicted molar refractivity (Wildman–Crippen MR) is 263 cm³/mol. The van der Waals surface area contributed by atoms with Crippen LogP contribution in [0, 0.1) is 0 Å². The number of anilines is 1. The highest BCUT2D eigenvalue weighted by Crippen LogP contribution is 2.51. The largest absolute Gasteiger partial charge is 0.464 e. The molecule has 3 N–H and O–H groups in total. The normalized spacial score (nSPS) is 17.4. The summed E-state index contributed by atoms with van der Waals surface area (Å²) in [5, 5.41) is 1.19. The van der Waals surface area contributed by atoms with E-state index in [2.05, 4.69) is 0 Å². The zero-order chi connectivity index (χ0) is 53.1. The fraction of sp³-hybridized carbons (Fsp3) is 0.532. The van der Waals surface area contributed by atoms with Crippen molar-refractivity contribution in [3.63, 3.8) is 0 Å². The lowest BCUT2D eigenvalue weighted by molar-refractivity contribution is -0.198. The van der Waals surface area contributed by atoms with Gasteiger partial charge >= 0.3 is 5.97 Å². The first-order chi connectivity index (χ1) is 34.7. The minimum absolute atomic E-state index is 0.00254. The number of imide groups is 1. The molecule has 1 aromatic rings. The van der Waals surface area contributed by atoms with Gasteiger partial charge in [-0.25, -0.2) is 9.37 Å². The van der Waals surface area contributed by atoms with Crippen molar-refractivity contribution >= 4 is 59.9 Å². The molecule has 3 heterocycles. The molecule has 1 atom stereocenters. The van der Waals surface area contributed by atoms with E-state index in [4.69, 9.17) is 37.7 Å². The topological polar surface area (TPSA) is 302 Å². The van der Waals surface area contributed by atoms with Crippen LogP contribution in [0.4, 0.5) is 5.69 Å². The number of carbonyl (C=O) groups excluding carboxylic acids is 3. The van der Waals surface area contributed by atoms with E-state index in [1.807, 2.05) is 46.8 Å². The van der Waals surface area contributed by atoms with Crippen molar-refractivity contribution in [1.82, 2.24) is 9.64 Å². The molecule has 26 heteroatoms. The first-order valence-electron chi connectivity index (χ1n) is 23.4. The Balaban J connectivity index is 1.31. The van der Waals surface area contributed by atoms with Crippen molar-refractivity contribution in [2.45, 2.75) is 55.8 Å². The Morgan fingerprint density at radius 3 is 2.01 bits per heavy atom. The molecular weight excluding hydrogens is 1020 g/mol. The number of rotatable bonds is 33. The monoisotopic (exact) mass is 1090 g/mol. The average molecular weight is 1090 g/mol. The highest BCUT2D eigenvalue weighted by Gasteiger charge is 2.44. The maximum absolute atomic E-state index is 12.4. The molecule has 1 unspecified atom stereocenters. The third-order valence-electron chi connectivity index (χ3n) is 11.7. The molecule has 0 aromatic heterocycles. The maximum atomic E-state index is 12.4. The molecule has 0 saturated carbocycles. The molecule has 73 heavy (non-hydrogen) atoms. The molecule has 1 aromatic carbocycles. The first-order valence-corrected chi connectivity index (χ1v) is 28.1. The summed E-state index contributed by atoms with van der Waals surface area (Å²) < 4.78 is 141. The van der Waals surface area contributed by atoms with Gasteiger partial charge in [0.15, 0.2) is 6.54 Å². The summed E-state index contributed by atoms with van der Waals surface area (Å²) in [7, 11) is -11.6. The van der Waals surface area contributed by atoms with E-state index < -0.39 is 65.1 Å². The van der Waals surface area contributed by atoms with Gasteiger partial charge in [0.25, 0.3) is 42.2 Å². The summed E-state index contributed by atoms with van der Waals surface area (Å²) in [6.45, 7) is 5.44. The molecule has 404 valence electrons. The smallest absolute Gasteiger partial charge is 0.335 e. The van der Waals surface area contributed by atoms with Crippen LogP contribution in [0.1, 0.15) is 56.6 Å². The number of hydrogen-bond acceptors (Lipinski definition) is 18. The third-order valence-corrected chi connectivity index (χ3v) is 14.2. The number of nitrogens with zero attached hydrogens (tertiary/aromatic N) is 3. The van der Waals surface area contributed by atoms with Crippen molar-refractivity contribution < 1.29 is 91.0 Å². The van der Waals surface area contributed by atoms with Crippen LogP contribution >= 0.6 is 0 Å². The molecule has 0 spiro atoms. The van der Waals surface area contributed by atoms with Crippen molar-refractivity contribution in [1.29, 1.82) is 0 Å². The highest BCUT2D eigenvalue weighted by molar-refractivity contribution is 7.86. The van der Waals surface area contributed by atoms with Crippen LogP contribution in [-0.2, 0) is 83.4 Å². The second-order valence-electron chi connectivity index (χ2n) is 17.0. The summed E-state index contributed by atoms with van der Waals surface area (Å²) in [5.41, 5.74) is 2.13. The van der Waals surface area contributed by atoms with E-state index in [9.17, 15) is 53.3 Å². The van der Waals surface area contributed by atoms with Gasteiger partial charge in [0.2, 0.25) is 5.36 Å². The Morgan fingerprint density at radius 1 is 0.753 bits per heavy atom. The van der Waals surface area contributed by atoms with Crippen LogP contribution in [-0.4, -0.2) is 173 Å². The van der Waals surface area contributed by atoms with Crippen LogP contribution in [0.3, 0.4) is 0 Å². The Bertz CT molecular complexity index is 2780. The molecular formula is C47H64N3O20S3+. The van der Waals surface area contributed by atoms with Gasteiger partial charge in [-0.2, -0.15) is 25.3 Å². The van der Waals surface area contributed by atoms with Gasteiger partial charge in [-0.1, -0.05) is 12.2 Å². The van der Waals surface area contributed by atoms with Crippen LogP contribution in [0.25, 0.3) is 17.4 Å². The van der Waals surface area contributed by atoms with Crippen molar-refractivity contribution in [3.05, 3.63) is 83.1 Å². The second kappa shape index (κ2) is 28.1. The molecule has 1 saturated heterocycles. The van der Waals surface area contributed by atoms with Gasteiger partial charge in [0.1, 0.15) is 18.9 Å². The molecule has 1 fully saturated rings. The summed E-state index contributed by atoms with van der Waals surface area (Å²) in [6, 6.07) is 11.5. The molecule has 4 aliphatic rings. The second-order valence-corrected chi connectivity index (χ2v) is 21.5. The molecule has 2 amide bonds. The number of allylic oxidation sites excluding steroid dienone is 3. The van der Waals surface area contributed by atoms with Gasteiger partial charge < -0.3 is 42.6 Å². The fourth-order valence-corrected chi connectivity index (χ4v) is 9.62. The number of amides is 2. The van der Waals surface area contributed by atoms with E-state index in [1.54, 1.807) is 25.3 Å². The molecule has 5 rings (SSSR count). The zero-order valence-corrected chi connectivity index (χ0v) is 43.2. The highest BCUT2D eigenvalue weighted by atomic mass is 32.2. The van der Waals surface area contributed by atoms with Crippen LogP contribution in [0.2, 0.25) is 0 Å². The van der Waals surface area contributed by atoms with E-state index >= 15 is 0 Å². The van der Waals surface area contributed by atoms with Gasteiger partial charge in [-0.15, -0.1) is 5.06 Å². The quantitative estimate of drug-likeness (QED) is 0.0342. The van der Waals surface area contributed by atoms with E-state index in [-0.39, 0.29) is 96.2 Å². The average Bonchev–Trinajstić information content (AvgIpc) is 3.76. The van der Waals surface area contributed by atoms with Crippen molar-refractivity contribution in [3.8, 4) is 11.3 Å². The van der Waals surface area contributed by atoms with Crippen LogP contribution in [0.5, 0.6) is 0 Å². The number of carbonyl (C=O) groups is 3. The number of benzene rings is 2. The van der Waals surface area contributed by atoms with Crippen LogP contribution < -0.4 is 14.8 Å². The zero-order valence-electron chi connectivity index (χ0n) is 40.8. The van der Waals surface area contributed by atoms with E-state index in [1.165, 1.54) is 18.4 Å². The lowest BCUT2D eigenvalue weighted by Gasteiger charge is -2.30. The minimum atomic E-state index is -4.65. The van der Waals surface area contributed by atoms with Gasteiger partial charge in [0, 0.05) is 61.3 Å². The van der Waals surface area contributed by atoms with Gasteiger partial charge in [-0.05, 0) is 67.3 Å². The Hall–Kier alpha value is -4.97. The van der Waals surface area contributed by atoms with E-state index in [0.717, 1.165) is 11.1 Å². The molecule has 0 bridgehead atoms. The van der Waals surface area contributed by atoms with Crippen molar-refractivity contribution in [2.24, 2.45) is 0 Å². The van der Waals surface area contributed by atoms with Gasteiger partial charge in [0.05, 0.1) is 101 Å². The first kappa shape index (κ1) is 58.9. The SMILES string of the molecule is COCCOCCOCC[N+](CCCS(=O)(=O)O)=c1ccc2c(/C=C/C=C3/N(CCOCCOCCOCCC(=O)ON4C(=O)CCC4=O)c4ccc(S(=O)(=O)O)cc4C3(C)CCCS(=O)(=O)O)ccoc-2c1. The lowest BCUT2D eigenvalue weighted by atomic mass is 9.77.